The van der Waals surface area contributed by atoms with Gasteiger partial charge >= 0.3 is 6.03 Å². The first-order chi connectivity index (χ1) is 21.1. The van der Waals surface area contributed by atoms with Gasteiger partial charge in [-0.25, -0.2) is 23.5 Å². The molecule has 0 bridgehead atoms. The summed E-state index contributed by atoms with van der Waals surface area (Å²) in [5.74, 6) is 0.830. The summed E-state index contributed by atoms with van der Waals surface area (Å²) in [6, 6.07) is 13.7. The summed E-state index contributed by atoms with van der Waals surface area (Å²) < 4.78 is 29.3. The van der Waals surface area contributed by atoms with Crippen molar-refractivity contribution in [1.82, 2.24) is 30.1 Å². The Bertz CT molecular complexity index is 1800. The normalized spacial score (nSPS) is 20.1. The molecule has 12 heteroatoms. The molecule has 44 heavy (non-hydrogen) atoms. The lowest BCUT2D eigenvalue weighted by atomic mass is 9.72. The number of benzene rings is 2. The number of nitrogens with zero attached hydrogens (tertiary/aromatic N) is 6. The fourth-order valence-electron chi connectivity index (χ4n) is 7.20. The molecule has 0 aliphatic carbocycles. The van der Waals surface area contributed by atoms with Crippen molar-refractivity contribution in [2.75, 3.05) is 37.6 Å². The Morgan fingerprint density at radius 2 is 1.93 bits per heavy atom. The van der Waals surface area contributed by atoms with Gasteiger partial charge in [-0.05, 0) is 73.8 Å². The third-order valence-corrected chi connectivity index (χ3v) is 9.81. The van der Waals surface area contributed by atoms with E-state index in [-0.39, 0.29) is 23.9 Å². The number of carbonyl (C=O) groups is 1. The molecule has 7 rings (SSSR count). The third-order valence-electron chi connectivity index (χ3n) is 9.61. The van der Waals surface area contributed by atoms with Gasteiger partial charge in [-0.15, -0.1) is 0 Å². The molecule has 2 unspecified atom stereocenters. The second kappa shape index (κ2) is 10.9. The minimum absolute atomic E-state index is 0.0490. The molecule has 2 aromatic carbocycles. The van der Waals surface area contributed by atoms with Crippen LogP contribution in [0.15, 0.2) is 42.7 Å². The highest BCUT2D eigenvalue weighted by Crippen LogP contribution is 2.44. The number of aromatic nitrogens is 3. The Morgan fingerprint density at radius 3 is 2.64 bits per heavy atom. The van der Waals surface area contributed by atoms with E-state index in [1.54, 1.807) is 21.6 Å². The third kappa shape index (κ3) is 5.46. The molecule has 3 aliphatic heterocycles. The van der Waals surface area contributed by atoms with Crippen molar-refractivity contribution in [3.8, 4) is 6.07 Å². The number of amides is 2. The van der Waals surface area contributed by atoms with Crippen LogP contribution in [0.2, 0.25) is 0 Å². The van der Waals surface area contributed by atoms with Crippen molar-refractivity contribution in [2.45, 2.75) is 51.0 Å². The number of anilines is 1. The highest BCUT2D eigenvalue weighted by molar-refractivity contribution is 7.18. The number of fused-ring (bicyclic) bond motifs is 2. The van der Waals surface area contributed by atoms with Crippen molar-refractivity contribution in [2.24, 2.45) is 5.41 Å². The summed E-state index contributed by atoms with van der Waals surface area (Å²) in [6.45, 7) is 7.91. The quantitative estimate of drug-likeness (QED) is 0.296. The number of hydrogen-bond donors (Lipinski definition) is 2. The standard InChI is InChI=1S/C32H35F2N8OP/c1-20-22(3-5-28-25(20)11-24(13-35)42(28)16-23-14-36-30(43)39-23)15-40-8-6-31(7-9-40)17-41(18-31)29-26-10-21(12-32(33,34)44)2-4-27(26)37-19-38-29/h2-5,10-11,19,23H,6-9,12,14-18,44H2,1H3,(H2,36,39,43). The van der Waals surface area contributed by atoms with Gasteiger partial charge in [0.25, 0.3) is 5.66 Å². The zero-order valence-corrected chi connectivity index (χ0v) is 25.8. The van der Waals surface area contributed by atoms with Crippen LogP contribution in [0, 0.1) is 23.7 Å². The monoisotopic (exact) mass is 616 g/mol. The first-order valence-corrected chi connectivity index (χ1v) is 15.6. The van der Waals surface area contributed by atoms with Gasteiger partial charge in [0.05, 0.1) is 11.6 Å². The SMILES string of the molecule is Cc1c(CN2CCC3(CC2)CN(c2ncnc4ccc(CC(F)(F)P)cc24)C3)ccc2c1cc(C#N)n2CC1CNC(=O)N1. The topological polar surface area (TPSA) is 102 Å². The van der Waals surface area contributed by atoms with E-state index in [0.29, 0.717) is 24.3 Å². The van der Waals surface area contributed by atoms with Crippen molar-refractivity contribution >= 4 is 42.9 Å². The lowest BCUT2D eigenvalue weighted by molar-refractivity contribution is 0.0720. The summed E-state index contributed by atoms with van der Waals surface area (Å²) in [7, 11) is 1.62. The van der Waals surface area contributed by atoms with Crippen molar-refractivity contribution in [3.63, 3.8) is 0 Å². The summed E-state index contributed by atoms with van der Waals surface area (Å²) in [4.78, 5) is 25.3. The zero-order valence-electron chi connectivity index (χ0n) is 24.6. The number of alkyl halides is 2. The van der Waals surface area contributed by atoms with Crippen LogP contribution in [-0.2, 0) is 19.5 Å². The molecule has 0 saturated carbocycles. The predicted molar refractivity (Wildman–Crippen MR) is 169 cm³/mol. The maximum atomic E-state index is 13.6. The minimum atomic E-state index is -2.85. The molecular weight excluding hydrogens is 581 g/mol. The lowest BCUT2D eigenvalue weighted by Gasteiger charge is -2.54. The van der Waals surface area contributed by atoms with Crippen LogP contribution in [0.3, 0.4) is 0 Å². The number of rotatable bonds is 7. The van der Waals surface area contributed by atoms with Crippen LogP contribution in [0.25, 0.3) is 21.8 Å². The minimum Gasteiger partial charge on any atom is -0.355 e. The van der Waals surface area contributed by atoms with Gasteiger partial charge in [0, 0.05) is 60.8 Å². The fraction of sp³-hybridized carbons (Fsp3) is 0.438. The molecular formula is C32H35F2N8OP. The molecule has 2 aromatic heterocycles. The summed E-state index contributed by atoms with van der Waals surface area (Å²) in [5.41, 5.74) is 2.81. The van der Waals surface area contributed by atoms with Gasteiger partial charge in [-0.1, -0.05) is 21.4 Å². The number of carbonyl (C=O) groups excluding carboxylic acids is 1. The molecule has 1 spiro atoms. The van der Waals surface area contributed by atoms with Crippen LogP contribution in [0.5, 0.6) is 0 Å². The van der Waals surface area contributed by atoms with E-state index in [1.165, 1.54) is 11.1 Å². The van der Waals surface area contributed by atoms with Crippen LogP contribution in [0.1, 0.15) is 35.2 Å². The van der Waals surface area contributed by atoms with Gasteiger partial charge in [0.1, 0.15) is 23.9 Å². The summed E-state index contributed by atoms with van der Waals surface area (Å²) in [5, 5.41) is 17.4. The maximum Gasteiger partial charge on any atom is 0.315 e. The average molecular weight is 617 g/mol. The number of likely N-dealkylation sites (tertiary alicyclic amines) is 1. The Labute approximate surface area is 256 Å². The number of nitriles is 1. The van der Waals surface area contributed by atoms with Gasteiger partial charge in [0.15, 0.2) is 0 Å². The second-order valence-corrected chi connectivity index (χ2v) is 13.5. The van der Waals surface area contributed by atoms with Crippen molar-refractivity contribution in [1.29, 1.82) is 5.26 Å². The van der Waals surface area contributed by atoms with Crippen molar-refractivity contribution < 1.29 is 13.6 Å². The number of hydrogen-bond acceptors (Lipinski definition) is 6. The largest absolute Gasteiger partial charge is 0.355 e. The number of halogens is 2. The summed E-state index contributed by atoms with van der Waals surface area (Å²) in [6.07, 6.45) is 3.41. The average Bonchev–Trinajstić information content (AvgIpc) is 3.55. The van der Waals surface area contributed by atoms with E-state index in [9.17, 15) is 18.8 Å². The summed E-state index contributed by atoms with van der Waals surface area (Å²) >= 11 is 0. The molecule has 0 radical (unpaired) electrons. The van der Waals surface area contributed by atoms with E-state index in [2.05, 4.69) is 55.5 Å². The molecule has 2 atom stereocenters. The zero-order chi connectivity index (χ0) is 30.6. The molecule has 228 valence electrons. The number of piperidine rings is 1. The van der Waals surface area contributed by atoms with Crippen molar-refractivity contribution in [3.05, 3.63) is 65.1 Å². The van der Waals surface area contributed by atoms with Crippen LogP contribution in [-0.4, -0.2) is 69.9 Å². The Morgan fingerprint density at radius 1 is 1.14 bits per heavy atom. The maximum absolute atomic E-state index is 13.6. The molecule has 2 amide bonds. The molecule has 2 N–H and O–H groups in total. The molecule has 3 aliphatic rings. The smallest absolute Gasteiger partial charge is 0.315 e. The predicted octanol–water partition coefficient (Wildman–Crippen LogP) is 4.56. The first-order valence-electron chi connectivity index (χ1n) is 15.0. The van der Waals surface area contributed by atoms with Crippen LogP contribution < -0.4 is 15.5 Å². The number of urea groups is 1. The van der Waals surface area contributed by atoms with E-state index in [1.807, 2.05) is 22.8 Å². The second-order valence-electron chi connectivity index (χ2n) is 12.7. The Kier molecular flexibility index (Phi) is 7.18. The fourth-order valence-corrected chi connectivity index (χ4v) is 7.43. The number of nitrogens with one attached hydrogen (secondary N) is 2. The molecule has 9 nitrogen and oxygen atoms in total. The van der Waals surface area contributed by atoms with Gasteiger partial charge in [-0.2, -0.15) is 5.26 Å². The van der Waals surface area contributed by atoms with Crippen LogP contribution >= 0.6 is 9.24 Å². The molecule has 5 heterocycles. The lowest BCUT2D eigenvalue weighted by Crippen LogP contribution is -2.60. The Hall–Kier alpha value is -3.87. The highest BCUT2D eigenvalue weighted by atomic mass is 31.0. The van der Waals surface area contributed by atoms with Gasteiger partial charge in [0.2, 0.25) is 0 Å². The van der Waals surface area contributed by atoms with Gasteiger partial charge in [-0.3, -0.25) is 4.90 Å². The Balaban J connectivity index is 1.01. The molecule has 4 aromatic rings. The van der Waals surface area contributed by atoms with E-state index in [4.69, 9.17) is 0 Å². The van der Waals surface area contributed by atoms with E-state index >= 15 is 0 Å². The van der Waals surface area contributed by atoms with Gasteiger partial charge < -0.3 is 20.1 Å². The first kappa shape index (κ1) is 28.9. The van der Waals surface area contributed by atoms with E-state index < -0.39 is 5.66 Å². The molecule has 3 saturated heterocycles. The van der Waals surface area contributed by atoms with E-state index in [0.717, 1.165) is 73.2 Å². The van der Waals surface area contributed by atoms with Crippen LogP contribution in [0.4, 0.5) is 19.4 Å². The number of aryl methyl sites for hydroxylation is 1. The highest BCUT2D eigenvalue weighted by Gasteiger charge is 2.45. The molecule has 3 fully saturated rings.